The van der Waals surface area contributed by atoms with Crippen molar-refractivity contribution in [1.82, 2.24) is 14.8 Å². The van der Waals surface area contributed by atoms with Crippen LogP contribution in [0.4, 0.5) is 0 Å². The van der Waals surface area contributed by atoms with E-state index in [1.807, 2.05) is 42.5 Å². The molecular weight excluding hydrogens is 674 g/mol. The summed E-state index contributed by atoms with van der Waals surface area (Å²) >= 11 is 0. The molecule has 6 rings (SSSR count). The Morgan fingerprint density at radius 1 is 0.731 bits per heavy atom. The summed E-state index contributed by atoms with van der Waals surface area (Å²) in [6.45, 7) is 0.418. The molecule has 2 spiro atoms. The van der Waals surface area contributed by atoms with Crippen molar-refractivity contribution in [3.8, 4) is 28.5 Å². The Kier molecular flexibility index (Phi) is 10.7. The highest BCUT2D eigenvalue weighted by atomic mass is 16.8. The zero-order valence-corrected chi connectivity index (χ0v) is 28.8. The summed E-state index contributed by atoms with van der Waals surface area (Å²) in [5.41, 5.74) is 2.82. The number of carbonyl (C=O) groups is 4. The van der Waals surface area contributed by atoms with E-state index in [4.69, 9.17) is 33.2 Å². The first-order chi connectivity index (χ1) is 25.2. The number of carbonyl (C=O) groups excluding carboxylic acids is 4. The Bertz CT molecular complexity index is 1860. The van der Waals surface area contributed by atoms with Gasteiger partial charge in [0.25, 0.3) is 0 Å². The first kappa shape index (κ1) is 35.8. The van der Waals surface area contributed by atoms with Gasteiger partial charge in [-0.1, -0.05) is 42.5 Å². The van der Waals surface area contributed by atoms with Gasteiger partial charge in [0.1, 0.15) is 0 Å². The third-order valence-electron chi connectivity index (χ3n) is 8.61. The van der Waals surface area contributed by atoms with Crippen molar-refractivity contribution in [2.75, 3.05) is 41.0 Å². The molecule has 0 amide bonds. The molecule has 3 aromatic rings. The second-order valence-electron chi connectivity index (χ2n) is 11.8. The van der Waals surface area contributed by atoms with Crippen LogP contribution >= 0.6 is 0 Å². The van der Waals surface area contributed by atoms with E-state index in [0.29, 0.717) is 46.9 Å². The Labute approximate surface area is 299 Å². The van der Waals surface area contributed by atoms with Crippen LogP contribution in [0.25, 0.3) is 17.3 Å². The van der Waals surface area contributed by atoms with E-state index in [2.05, 4.69) is 4.98 Å². The monoisotopic (exact) mass is 711 g/mol. The van der Waals surface area contributed by atoms with Crippen molar-refractivity contribution in [2.45, 2.75) is 31.2 Å². The number of unbranched alkanes of at least 4 members (excludes halogenated alkanes) is 1. The van der Waals surface area contributed by atoms with Gasteiger partial charge in [0.05, 0.1) is 27.0 Å². The van der Waals surface area contributed by atoms with Crippen LogP contribution in [0.3, 0.4) is 0 Å². The van der Waals surface area contributed by atoms with Crippen LogP contribution in [0, 0.1) is 0 Å². The summed E-state index contributed by atoms with van der Waals surface area (Å²) in [6.07, 6.45) is 10.2. The molecule has 1 saturated heterocycles. The highest BCUT2D eigenvalue weighted by Gasteiger charge is 2.74. The van der Waals surface area contributed by atoms with Crippen LogP contribution in [0.1, 0.15) is 24.0 Å². The van der Waals surface area contributed by atoms with Gasteiger partial charge in [-0.3, -0.25) is 4.98 Å². The second-order valence-corrected chi connectivity index (χ2v) is 11.8. The molecule has 3 aliphatic rings. The average Bonchev–Trinajstić information content (AvgIpc) is 3.41. The maximum atomic E-state index is 13.2. The van der Waals surface area contributed by atoms with Crippen molar-refractivity contribution < 1.29 is 52.3 Å². The van der Waals surface area contributed by atoms with E-state index in [-0.39, 0.29) is 26.2 Å². The number of fused-ring (bicyclic) bond motifs is 1. The topological polar surface area (TPSA) is 152 Å². The minimum absolute atomic E-state index is 0.0432. The predicted octanol–water partition coefficient (Wildman–Crippen LogP) is 4.01. The van der Waals surface area contributed by atoms with E-state index in [9.17, 15) is 19.2 Å². The normalized spacial score (nSPS) is 18.4. The molecular formula is C38H37N3O11. The van der Waals surface area contributed by atoms with Crippen molar-refractivity contribution in [1.29, 1.82) is 0 Å². The van der Waals surface area contributed by atoms with Crippen LogP contribution in [0.2, 0.25) is 0 Å². The Morgan fingerprint density at radius 2 is 1.29 bits per heavy atom. The summed E-state index contributed by atoms with van der Waals surface area (Å²) in [7, 11) is 4.52. The minimum Gasteiger partial charge on any atom is -0.493 e. The number of allylic oxidation sites excluding steroid dienone is 1. The number of benzene rings is 2. The van der Waals surface area contributed by atoms with Crippen LogP contribution in [0.5, 0.6) is 17.2 Å². The predicted molar refractivity (Wildman–Crippen MR) is 184 cm³/mol. The van der Waals surface area contributed by atoms with Crippen molar-refractivity contribution in [3.05, 3.63) is 102 Å². The molecule has 52 heavy (non-hydrogen) atoms. The first-order valence-corrected chi connectivity index (χ1v) is 16.5. The smallest absolute Gasteiger partial charge is 0.420 e. The van der Waals surface area contributed by atoms with E-state index < -0.39 is 35.7 Å². The fourth-order valence-corrected chi connectivity index (χ4v) is 6.25. The largest absolute Gasteiger partial charge is 0.493 e. The lowest BCUT2D eigenvalue weighted by Gasteiger charge is -2.55. The molecule has 14 heteroatoms. The zero-order chi connectivity index (χ0) is 36.7. The fraction of sp³-hybridized carbons (Fsp3) is 0.289. The van der Waals surface area contributed by atoms with Gasteiger partial charge in [-0.2, -0.15) is 0 Å². The number of aromatic nitrogens is 1. The summed E-state index contributed by atoms with van der Waals surface area (Å²) in [5, 5.41) is 0. The van der Waals surface area contributed by atoms with Crippen LogP contribution in [0.15, 0.2) is 91.2 Å². The summed E-state index contributed by atoms with van der Waals surface area (Å²) in [4.78, 5) is 60.2. The van der Waals surface area contributed by atoms with Gasteiger partial charge in [-0.15, -0.1) is 0 Å². The van der Waals surface area contributed by atoms with E-state index in [1.165, 1.54) is 26.2 Å². The molecule has 2 aromatic carbocycles. The zero-order valence-electron chi connectivity index (χ0n) is 28.8. The quantitative estimate of drug-likeness (QED) is 0.208. The highest BCUT2D eigenvalue weighted by molar-refractivity contribution is 5.95. The number of hydrogen-bond donors (Lipinski definition) is 0. The number of hydrogen-bond acceptors (Lipinski definition) is 14. The maximum Gasteiger partial charge on any atom is 0.420 e. The number of esters is 4. The minimum atomic E-state index is -2.57. The molecule has 0 atom stereocenters. The third kappa shape index (κ3) is 7.24. The van der Waals surface area contributed by atoms with Gasteiger partial charge in [-0.25, -0.2) is 29.0 Å². The molecule has 0 unspecified atom stereocenters. The number of nitrogens with zero attached hydrogens (tertiary/aromatic N) is 3. The Balaban J connectivity index is 1.37. The molecule has 14 nitrogen and oxygen atoms in total. The molecule has 0 bridgehead atoms. The van der Waals surface area contributed by atoms with E-state index in [1.54, 1.807) is 35.4 Å². The highest BCUT2D eigenvalue weighted by Crippen LogP contribution is 2.45. The molecule has 4 heterocycles. The molecule has 0 aliphatic carbocycles. The summed E-state index contributed by atoms with van der Waals surface area (Å²) in [6, 6.07) is 16.8. The standard InChI is InChI=1S/C38H37N3O11/c1-46-30-23-28(24-31(47-2)36(30)48-3)29-22-27(17-18-39-29)25-41-21-20-40(19-9-5-8-12-26-10-6-4-7-11-26)37(49-32(42)13-14-33(43)50-37)38(41)51-34(44)15-16-35(45)52-38/h4,6-8,10-18,22-24H,5,9,19-21,25H2,1-3H3/b12-8+. The Hall–Kier alpha value is -5.99. The van der Waals surface area contributed by atoms with Crippen LogP contribution in [-0.2, 0) is 44.7 Å². The number of pyridine rings is 1. The molecule has 0 saturated carbocycles. The molecule has 0 N–H and O–H groups in total. The molecule has 3 aliphatic heterocycles. The Morgan fingerprint density at radius 3 is 1.85 bits per heavy atom. The first-order valence-electron chi connectivity index (χ1n) is 16.5. The van der Waals surface area contributed by atoms with E-state index in [0.717, 1.165) is 29.9 Å². The lowest BCUT2D eigenvalue weighted by atomic mass is 10.1. The third-order valence-corrected chi connectivity index (χ3v) is 8.61. The van der Waals surface area contributed by atoms with Crippen LogP contribution < -0.4 is 14.2 Å². The van der Waals surface area contributed by atoms with Gasteiger partial charge in [0.15, 0.2) is 11.5 Å². The lowest BCUT2D eigenvalue weighted by molar-refractivity contribution is -0.464. The van der Waals surface area contributed by atoms with Gasteiger partial charge in [-0.05, 0) is 48.2 Å². The molecule has 1 fully saturated rings. The van der Waals surface area contributed by atoms with Gasteiger partial charge >= 0.3 is 35.7 Å². The van der Waals surface area contributed by atoms with E-state index >= 15 is 0 Å². The SMILES string of the molecule is COc1cc(-c2cc(CN3CCN(CCC/C=C/c4ccccc4)C4(OC(=O)C=CC(=O)O4)C34OC(=O)C=CC(=O)O4)ccn2)cc(OC)c1OC. The molecule has 270 valence electrons. The number of ether oxygens (including phenoxy) is 7. The maximum absolute atomic E-state index is 13.2. The van der Waals surface area contributed by atoms with Crippen LogP contribution in [-0.4, -0.2) is 91.4 Å². The summed E-state index contributed by atoms with van der Waals surface area (Å²) in [5.74, 6) is -7.77. The van der Waals surface area contributed by atoms with Gasteiger partial charge in [0, 0.05) is 62.2 Å². The lowest BCUT2D eigenvalue weighted by Crippen LogP contribution is -2.80. The molecule has 1 aromatic heterocycles. The van der Waals surface area contributed by atoms with Crippen molar-refractivity contribution in [2.24, 2.45) is 0 Å². The number of piperazine rings is 1. The number of rotatable bonds is 11. The van der Waals surface area contributed by atoms with Crippen molar-refractivity contribution >= 4 is 30.0 Å². The average molecular weight is 712 g/mol. The summed E-state index contributed by atoms with van der Waals surface area (Å²) < 4.78 is 40.1. The van der Waals surface area contributed by atoms with Gasteiger partial charge in [0.2, 0.25) is 5.75 Å². The number of methoxy groups -OCH3 is 3. The molecule has 0 radical (unpaired) electrons. The fourth-order valence-electron chi connectivity index (χ4n) is 6.25. The second kappa shape index (κ2) is 15.5. The van der Waals surface area contributed by atoms with Gasteiger partial charge < -0.3 is 33.2 Å². The van der Waals surface area contributed by atoms with Crippen molar-refractivity contribution in [3.63, 3.8) is 0 Å².